The number of nitrogens with one attached hydrogen (secondary N) is 4. The lowest BCUT2D eigenvalue weighted by Crippen LogP contribution is -2.58. The Labute approximate surface area is 213 Å². The Morgan fingerprint density at radius 1 is 1.03 bits per heavy atom. The smallest absolute Gasteiger partial charge is 0.325 e. The molecule has 0 fully saturated rings. The first kappa shape index (κ1) is 29.1. The molecular weight excluding hydrogens is 484 g/mol. The molecule has 0 saturated carbocycles. The number of carbonyl (C=O) groups is 4. The van der Waals surface area contributed by atoms with Crippen LogP contribution in [0.15, 0.2) is 35.5 Å². The summed E-state index contributed by atoms with van der Waals surface area (Å²) in [5.41, 5.74) is 17.9. The molecule has 0 spiro atoms. The summed E-state index contributed by atoms with van der Waals surface area (Å²) in [5, 5.41) is 26.9. The molecule has 1 aromatic heterocycles. The molecule has 2 aromatic rings. The standard InChI is InChI=1S/C23H34N8O6/c1-12(22(36)37)29-20(34)17(9-13-10-28-16-7-3-2-5-14(13)16)30-21(35)18(11-32)31-19(33)15(24)6-4-8-27-23(25)26/h2-3,5,7,10,12,15,17-18,28,32H,4,6,8-9,11,24H2,1H3,(H,29,34)(H,30,35)(H,31,33)(H,36,37)(H4,25,26,27). The number of hydrogen-bond acceptors (Lipinski definition) is 7. The second-order valence-corrected chi connectivity index (χ2v) is 8.49. The van der Waals surface area contributed by atoms with Crippen molar-refractivity contribution in [1.82, 2.24) is 20.9 Å². The zero-order valence-corrected chi connectivity index (χ0v) is 20.4. The number of fused-ring (bicyclic) bond motifs is 1. The second-order valence-electron chi connectivity index (χ2n) is 8.49. The van der Waals surface area contributed by atoms with Crippen molar-refractivity contribution in [2.75, 3.05) is 13.2 Å². The van der Waals surface area contributed by atoms with Gasteiger partial charge < -0.3 is 48.3 Å². The van der Waals surface area contributed by atoms with Gasteiger partial charge in [-0.25, -0.2) is 0 Å². The molecule has 3 amide bonds. The summed E-state index contributed by atoms with van der Waals surface area (Å²) in [4.78, 5) is 56.3. The Bertz CT molecular complexity index is 1130. The number of aromatic nitrogens is 1. The molecule has 0 saturated heterocycles. The maximum Gasteiger partial charge on any atom is 0.325 e. The summed E-state index contributed by atoms with van der Waals surface area (Å²) in [6.45, 7) is 0.800. The van der Waals surface area contributed by atoms with E-state index in [1.807, 2.05) is 24.3 Å². The number of carbonyl (C=O) groups excluding carboxylic acids is 3. The fourth-order valence-corrected chi connectivity index (χ4v) is 3.50. The van der Waals surface area contributed by atoms with Gasteiger partial charge in [-0.15, -0.1) is 0 Å². The molecule has 12 N–H and O–H groups in total. The lowest BCUT2D eigenvalue weighted by molar-refractivity contribution is -0.141. The molecule has 0 bridgehead atoms. The monoisotopic (exact) mass is 518 g/mol. The molecule has 1 aromatic carbocycles. The number of H-pyrrole nitrogens is 1. The minimum Gasteiger partial charge on any atom is -0.480 e. The van der Waals surface area contributed by atoms with Crippen molar-refractivity contribution < 1.29 is 29.4 Å². The van der Waals surface area contributed by atoms with Crippen LogP contribution >= 0.6 is 0 Å². The van der Waals surface area contributed by atoms with Crippen molar-refractivity contribution in [1.29, 1.82) is 0 Å². The number of aliphatic hydroxyl groups excluding tert-OH is 1. The molecule has 0 aliphatic carbocycles. The highest BCUT2D eigenvalue weighted by atomic mass is 16.4. The quantitative estimate of drug-likeness (QED) is 0.0735. The third-order valence-corrected chi connectivity index (χ3v) is 5.58. The summed E-state index contributed by atoms with van der Waals surface area (Å²) in [5.74, 6) is -3.60. The predicted molar refractivity (Wildman–Crippen MR) is 136 cm³/mol. The van der Waals surface area contributed by atoms with Gasteiger partial charge in [0, 0.05) is 30.1 Å². The number of carboxylic acids is 1. The molecule has 0 aliphatic rings. The summed E-state index contributed by atoms with van der Waals surface area (Å²) < 4.78 is 0. The highest BCUT2D eigenvalue weighted by Crippen LogP contribution is 2.19. The van der Waals surface area contributed by atoms with Crippen LogP contribution in [0.4, 0.5) is 0 Å². The Morgan fingerprint density at radius 3 is 2.32 bits per heavy atom. The van der Waals surface area contributed by atoms with Gasteiger partial charge in [0.05, 0.1) is 12.6 Å². The lowest BCUT2D eigenvalue weighted by Gasteiger charge is -2.24. The highest BCUT2D eigenvalue weighted by molar-refractivity contribution is 5.94. The number of carboxylic acid groups (broad SMARTS) is 1. The van der Waals surface area contributed by atoms with Gasteiger partial charge in [0.25, 0.3) is 0 Å². The topological polar surface area (TPSA) is 251 Å². The lowest BCUT2D eigenvalue weighted by atomic mass is 10.0. The van der Waals surface area contributed by atoms with Crippen LogP contribution in [-0.2, 0) is 25.6 Å². The first-order valence-electron chi connectivity index (χ1n) is 11.6. The summed E-state index contributed by atoms with van der Waals surface area (Å²) in [6.07, 6.45) is 2.34. The van der Waals surface area contributed by atoms with Gasteiger partial charge >= 0.3 is 5.97 Å². The van der Waals surface area contributed by atoms with Crippen molar-refractivity contribution in [3.8, 4) is 0 Å². The highest BCUT2D eigenvalue weighted by Gasteiger charge is 2.29. The average Bonchev–Trinajstić information content (AvgIpc) is 3.26. The van der Waals surface area contributed by atoms with Crippen molar-refractivity contribution >= 4 is 40.6 Å². The van der Waals surface area contributed by atoms with E-state index in [1.165, 1.54) is 6.92 Å². The third-order valence-electron chi connectivity index (χ3n) is 5.58. The number of rotatable bonds is 14. The van der Waals surface area contributed by atoms with E-state index < -0.39 is 54.5 Å². The van der Waals surface area contributed by atoms with Crippen molar-refractivity contribution in [3.63, 3.8) is 0 Å². The fourth-order valence-electron chi connectivity index (χ4n) is 3.50. The van der Waals surface area contributed by atoms with Crippen molar-refractivity contribution in [2.24, 2.45) is 22.2 Å². The number of para-hydroxylation sites is 1. The molecule has 37 heavy (non-hydrogen) atoms. The van der Waals surface area contributed by atoms with Crippen LogP contribution in [0.5, 0.6) is 0 Å². The summed E-state index contributed by atoms with van der Waals surface area (Å²) in [7, 11) is 0. The number of aromatic amines is 1. The Kier molecular flexibility index (Phi) is 10.8. The number of guanidine groups is 1. The van der Waals surface area contributed by atoms with Gasteiger partial charge in [-0.3, -0.25) is 24.2 Å². The van der Waals surface area contributed by atoms with E-state index in [-0.39, 0.29) is 25.3 Å². The first-order chi connectivity index (χ1) is 17.5. The number of hydrogen-bond donors (Lipinski definition) is 9. The van der Waals surface area contributed by atoms with Crippen LogP contribution in [0.3, 0.4) is 0 Å². The minimum absolute atomic E-state index is 0.0182. The molecule has 0 aliphatic heterocycles. The van der Waals surface area contributed by atoms with Gasteiger partial charge in [0.2, 0.25) is 17.7 Å². The molecule has 202 valence electrons. The van der Waals surface area contributed by atoms with Gasteiger partial charge in [-0.2, -0.15) is 0 Å². The van der Waals surface area contributed by atoms with E-state index in [1.54, 1.807) is 6.20 Å². The van der Waals surface area contributed by atoms with Gasteiger partial charge in [0.15, 0.2) is 5.96 Å². The molecule has 4 unspecified atom stereocenters. The van der Waals surface area contributed by atoms with Gasteiger partial charge in [-0.1, -0.05) is 18.2 Å². The van der Waals surface area contributed by atoms with E-state index in [0.29, 0.717) is 12.0 Å². The van der Waals surface area contributed by atoms with E-state index >= 15 is 0 Å². The zero-order valence-electron chi connectivity index (χ0n) is 20.4. The van der Waals surface area contributed by atoms with E-state index in [2.05, 4.69) is 25.9 Å². The summed E-state index contributed by atoms with van der Waals surface area (Å²) in [6, 6.07) is 2.54. The number of nitrogens with zero attached hydrogens (tertiary/aromatic N) is 1. The van der Waals surface area contributed by atoms with E-state index in [4.69, 9.17) is 22.3 Å². The van der Waals surface area contributed by atoms with Gasteiger partial charge in [0.1, 0.15) is 18.1 Å². The van der Waals surface area contributed by atoms with Crippen molar-refractivity contribution in [2.45, 2.75) is 50.4 Å². The largest absolute Gasteiger partial charge is 0.480 e. The van der Waals surface area contributed by atoms with E-state index in [9.17, 15) is 24.3 Å². The molecule has 4 atom stereocenters. The van der Waals surface area contributed by atoms with Crippen LogP contribution in [0, 0.1) is 0 Å². The number of nitrogens with two attached hydrogens (primary N) is 3. The Morgan fingerprint density at radius 2 is 1.68 bits per heavy atom. The molecule has 14 heteroatoms. The SMILES string of the molecule is CC(NC(=O)C(Cc1c[nH]c2ccccc12)NC(=O)C(CO)NC(=O)C(N)CCCN=C(N)N)C(=O)O. The van der Waals surface area contributed by atoms with Crippen LogP contribution in [-0.4, -0.2) is 82.2 Å². The number of amides is 3. The number of aliphatic imine (C=N–C) groups is 1. The van der Waals surface area contributed by atoms with Crippen molar-refractivity contribution in [3.05, 3.63) is 36.0 Å². The molecule has 1 heterocycles. The van der Waals surface area contributed by atoms with E-state index in [0.717, 1.165) is 10.9 Å². The third kappa shape index (κ3) is 8.77. The molecule has 2 rings (SSSR count). The fraction of sp³-hybridized carbons (Fsp3) is 0.435. The van der Waals surface area contributed by atoms with Crippen LogP contribution in [0.2, 0.25) is 0 Å². The molecule has 14 nitrogen and oxygen atoms in total. The minimum atomic E-state index is -1.40. The van der Waals surface area contributed by atoms with Crippen LogP contribution < -0.4 is 33.2 Å². The number of aliphatic carboxylic acids is 1. The molecular formula is C23H34N8O6. The zero-order chi connectivity index (χ0) is 27.5. The number of benzene rings is 1. The van der Waals surface area contributed by atoms with Crippen LogP contribution in [0.25, 0.3) is 10.9 Å². The number of aliphatic hydroxyl groups is 1. The van der Waals surface area contributed by atoms with Crippen LogP contribution in [0.1, 0.15) is 25.3 Å². The maximum absolute atomic E-state index is 12.9. The Balaban J connectivity index is 2.11. The Hall–Kier alpha value is -4.17. The first-order valence-corrected chi connectivity index (χ1v) is 11.6. The predicted octanol–water partition coefficient (Wildman–Crippen LogP) is -2.36. The average molecular weight is 519 g/mol. The summed E-state index contributed by atoms with van der Waals surface area (Å²) >= 11 is 0. The normalized spacial score (nSPS) is 14.1. The second kappa shape index (κ2) is 13.8. The maximum atomic E-state index is 12.9. The van der Waals surface area contributed by atoms with Gasteiger partial charge in [-0.05, 0) is 31.4 Å². The molecule has 0 radical (unpaired) electrons.